The lowest BCUT2D eigenvalue weighted by atomic mass is 10.00. The molecule has 2 rings (SSSR count). The molecule has 0 spiro atoms. The molecule has 0 saturated carbocycles. The second-order valence-electron chi connectivity index (χ2n) is 5.82. The molecule has 1 heterocycles. The number of rotatable bonds is 3. The summed E-state index contributed by atoms with van der Waals surface area (Å²) in [4.78, 5) is 0. The maximum absolute atomic E-state index is 11.9. The van der Waals surface area contributed by atoms with Gasteiger partial charge in [0.2, 0.25) is 0 Å². The summed E-state index contributed by atoms with van der Waals surface area (Å²) in [6, 6.07) is 8.99. The molecule has 1 aliphatic heterocycles. The van der Waals surface area contributed by atoms with Crippen molar-refractivity contribution in [3.63, 3.8) is 0 Å². The first-order valence-corrected chi connectivity index (χ1v) is 8.20. The molecule has 0 radical (unpaired) electrons. The standard InChI is InChI=1S/C15H23NOS/c1-4-5-12-6-8-13(9-7-12)14-10-18(17)11-15(2,3)16-14/h6-9,14,16H,4-5,10-11H2,1-3H3. The number of nitrogens with one attached hydrogen (secondary N) is 1. The van der Waals surface area contributed by atoms with Crippen molar-refractivity contribution < 1.29 is 4.21 Å². The second-order valence-corrected chi connectivity index (χ2v) is 7.32. The molecule has 0 amide bonds. The lowest BCUT2D eigenvalue weighted by Crippen LogP contribution is -2.52. The van der Waals surface area contributed by atoms with Crippen LogP contribution >= 0.6 is 0 Å². The van der Waals surface area contributed by atoms with E-state index in [1.807, 2.05) is 0 Å². The van der Waals surface area contributed by atoms with E-state index < -0.39 is 10.8 Å². The van der Waals surface area contributed by atoms with Crippen molar-refractivity contribution in [1.82, 2.24) is 5.32 Å². The molecular formula is C15H23NOS. The Balaban J connectivity index is 2.13. The Morgan fingerprint density at radius 3 is 2.56 bits per heavy atom. The zero-order chi connectivity index (χ0) is 13.2. The summed E-state index contributed by atoms with van der Waals surface area (Å²) in [5.41, 5.74) is 2.61. The molecule has 18 heavy (non-hydrogen) atoms. The van der Waals surface area contributed by atoms with Gasteiger partial charge in [-0.05, 0) is 31.4 Å². The normalized spacial score (nSPS) is 27.1. The van der Waals surface area contributed by atoms with Gasteiger partial charge in [0.1, 0.15) is 0 Å². The van der Waals surface area contributed by atoms with Crippen molar-refractivity contribution >= 4 is 10.8 Å². The monoisotopic (exact) mass is 265 g/mol. The Hall–Kier alpha value is -0.670. The number of hydrogen-bond acceptors (Lipinski definition) is 2. The third-order valence-electron chi connectivity index (χ3n) is 3.36. The molecule has 1 aliphatic rings. The summed E-state index contributed by atoms with van der Waals surface area (Å²) >= 11 is 0. The van der Waals surface area contributed by atoms with E-state index in [4.69, 9.17) is 0 Å². The maximum Gasteiger partial charge on any atom is 0.0441 e. The second kappa shape index (κ2) is 5.54. The van der Waals surface area contributed by atoms with E-state index in [1.165, 1.54) is 17.5 Å². The van der Waals surface area contributed by atoms with Crippen molar-refractivity contribution in [1.29, 1.82) is 0 Å². The minimum absolute atomic E-state index is 0.0319. The zero-order valence-electron chi connectivity index (χ0n) is 11.5. The topological polar surface area (TPSA) is 29.1 Å². The van der Waals surface area contributed by atoms with Crippen molar-refractivity contribution in [3.8, 4) is 0 Å². The Kier molecular flexibility index (Phi) is 4.23. The highest BCUT2D eigenvalue weighted by Crippen LogP contribution is 2.24. The van der Waals surface area contributed by atoms with Gasteiger partial charge in [0.15, 0.2) is 0 Å². The Bertz CT molecular complexity index is 425. The Morgan fingerprint density at radius 1 is 1.33 bits per heavy atom. The van der Waals surface area contributed by atoms with Crippen LogP contribution in [-0.4, -0.2) is 21.3 Å². The fourth-order valence-corrected chi connectivity index (χ4v) is 4.24. The molecule has 0 aromatic heterocycles. The highest BCUT2D eigenvalue weighted by Gasteiger charge is 2.31. The van der Waals surface area contributed by atoms with Gasteiger partial charge < -0.3 is 5.32 Å². The van der Waals surface area contributed by atoms with E-state index in [0.29, 0.717) is 0 Å². The fourth-order valence-electron chi connectivity index (χ4n) is 2.59. The van der Waals surface area contributed by atoms with Gasteiger partial charge in [0.05, 0.1) is 0 Å². The molecule has 0 aliphatic carbocycles. The smallest absolute Gasteiger partial charge is 0.0441 e. The molecule has 3 heteroatoms. The number of benzene rings is 1. The third kappa shape index (κ3) is 3.42. The van der Waals surface area contributed by atoms with Crippen molar-refractivity contribution in [2.75, 3.05) is 11.5 Å². The molecule has 0 bridgehead atoms. The highest BCUT2D eigenvalue weighted by atomic mass is 32.2. The van der Waals surface area contributed by atoms with Crippen LogP contribution in [0.2, 0.25) is 0 Å². The van der Waals surface area contributed by atoms with Crippen LogP contribution in [0.5, 0.6) is 0 Å². The van der Waals surface area contributed by atoms with Crippen LogP contribution in [0, 0.1) is 0 Å². The molecule has 1 saturated heterocycles. The zero-order valence-corrected chi connectivity index (χ0v) is 12.3. The van der Waals surface area contributed by atoms with Crippen molar-refractivity contribution in [2.24, 2.45) is 0 Å². The predicted molar refractivity (Wildman–Crippen MR) is 78.3 cm³/mol. The van der Waals surface area contributed by atoms with Crippen LogP contribution in [-0.2, 0) is 17.2 Å². The average Bonchev–Trinajstić information content (AvgIpc) is 2.27. The summed E-state index contributed by atoms with van der Waals surface area (Å²) in [6.45, 7) is 6.45. The van der Waals surface area contributed by atoms with Crippen molar-refractivity contribution in [3.05, 3.63) is 35.4 Å². The van der Waals surface area contributed by atoms with Gasteiger partial charge in [0.25, 0.3) is 0 Å². The van der Waals surface area contributed by atoms with E-state index in [0.717, 1.165) is 17.9 Å². The first-order valence-electron chi connectivity index (χ1n) is 6.72. The SMILES string of the molecule is CCCc1ccc(C2CS(=O)CC(C)(C)N2)cc1. The molecule has 100 valence electrons. The van der Waals surface area contributed by atoms with E-state index in [2.05, 4.69) is 50.4 Å². The van der Waals surface area contributed by atoms with E-state index in [-0.39, 0.29) is 11.6 Å². The van der Waals surface area contributed by atoms with Gasteiger partial charge in [0, 0.05) is 33.9 Å². The quantitative estimate of drug-likeness (QED) is 0.910. The van der Waals surface area contributed by atoms with Gasteiger partial charge in [-0.25, -0.2) is 0 Å². The predicted octanol–water partition coefficient (Wildman–Crippen LogP) is 2.81. The summed E-state index contributed by atoms with van der Waals surface area (Å²) in [7, 11) is -0.711. The third-order valence-corrected chi connectivity index (χ3v) is 5.11. The van der Waals surface area contributed by atoms with Gasteiger partial charge in [-0.2, -0.15) is 0 Å². The Morgan fingerprint density at radius 2 is 2.00 bits per heavy atom. The number of hydrogen-bond donors (Lipinski definition) is 1. The highest BCUT2D eigenvalue weighted by molar-refractivity contribution is 7.85. The molecular weight excluding hydrogens is 242 g/mol. The van der Waals surface area contributed by atoms with E-state index in [9.17, 15) is 4.21 Å². The molecule has 1 N–H and O–H groups in total. The average molecular weight is 265 g/mol. The molecule has 2 atom stereocenters. The van der Waals surface area contributed by atoms with Crippen LogP contribution in [0.25, 0.3) is 0 Å². The lowest BCUT2D eigenvalue weighted by Gasteiger charge is -2.36. The van der Waals surface area contributed by atoms with Crippen LogP contribution in [0.15, 0.2) is 24.3 Å². The molecule has 1 aromatic carbocycles. The van der Waals surface area contributed by atoms with E-state index >= 15 is 0 Å². The summed E-state index contributed by atoms with van der Waals surface area (Å²) in [5, 5.41) is 3.60. The summed E-state index contributed by atoms with van der Waals surface area (Å²) < 4.78 is 11.9. The first-order chi connectivity index (χ1) is 8.50. The molecule has 1 fully saturated rings. The van der Waals surface area contributed by atoms with Crippen LogP contribution in [0.4, 0.5) is 0 Å². The summed E-state index contributed by atoms with van der Waals surface area (Å²) in [5.74, 6) is 1.48. The number of aryl methyl sites for hydroxylation is 1. The summed E-state index contributed by atoms with van der Waals surface area (Å²) in [6.07, 6.45) is 2.31. The first kappa shape index (κ1) is 13.8. The van der Waals surface area contributed by atoms with E-state index in [1.54, 1.807) is 0 Å². The van der Waals surface area contributed by atoms with Crippen LogP contribution in [0.3, 0.4) is 0 Å². The van der Waals surface area contributed by atoms with Gasteiger partial charge in [-0.15, -0.1) is 0 Å². The van der Waals surface area contributed by atoms with Crippen LogP contribution < -0.4 is 5.32 Å². The molecule has 2 unspecified atom stereocenters. The van der Waals surface area contributed by atoms with Gasteiger partial charge >= 0.3 is 0 Å². The minimum Gasteiger partial charge on any atom is -0.303 e. The lowest BCUT2D eigenvalue weighted by molar-refractivity contribution is 0.369. The minimum atomic E-state index is -0.711. The maximum atomic E-state index is 11.9. The van der Waals surface area contributed by atoms with Gasteiger partial charge in [-0.1, -0.05) is 37.6 Å². The fraction of sp³-hybridized carbons (Fsp3) is 0.600. The van der Waals surface area contributed by atoms with Crippen LogP contribution in [0.1, 0.15) is 44.4 Å². The molecule has 1 aromatic rings. The largest absolute Gasteiger partial charge is 0.303 e. The van der Waals surface area contributed by atoms with Gasteiger partial charge in [-0.3, -0.25) is 4.21 Å². The van der Waals surface area contributed by atoms with Crippen molar-refractivity contribution in [2.45, 2.75) is 45.2 Å². The molecule has 2 nitrogen and oxygen atoms in total. The Labute approximate surface area is 113 Å².